The monoisotopic (exact) mass is 145 g/mol. The summed E-state index contributed by atoms with van der Waals surface area (Å²) in [5.41, 5.74) is 2.88. The third-order valence-corrected chi connectivity index (χ3v) is 1.41. The molecule has 0 aromatic carbocycles. The second-order valence-corrected chi connectivity index (χ2v) is 2.51. The van der Waals surface area contributed by atoms with Crippen LogP contribution < -0.4 is 5.48 Å². The van der Waals surface area contributed by atoms with Gasteiger partial charge < -0.3 is 4.74 Å². The average molecular weight is 145 g/mol. The van der Waals surface area contributed by atoms with E-state index in [9.17, 15) is 0 Å². The Bertz CT molecular complexity index is 83.7. The molecule has 60 valence electrons. The third kappa shape index (κ3) is 3.82. The fraction of sp³-hybridized carbons (Fsp3) is 1.00. The minimum Gasteiger partial charge on any atom is -0.371 e. The zero-order chi connectivity index (χ0) is 7.23. The standard InChI is InChI=1S/C7H15NO2/c1-2-3-4-8-10-6-7-5-9-7/h7-8H,2-6H2,1H3. The highest BCUT2D eigenvalue weighted by atomic mass is 16.7. The summed E-state index contributed by atoms with van der Waals surface area (Å²) >= 11 is 0. The third-order valence-electron chi connectivity index (χ3n) is 1.41. The number of nitrogens with one attached hydrogen (secondary N) is 1. The predicted molar refractivity (Wildman–Crippen MR) is 38.6 cm³/mol. The molecule has 0 aromatic heterocycles. The van der Waals surface area contributed by atoms with Gasteiger partial charge in [-0.05, 0) is 6.42 Å². The summed E-state index contributed by atoms with van der Waals surface area (Å²) in [5, 5.41) is 0. The lowest BCUT2D eigenvalue weighted by Gasteiger charge is -2.01. The fourth-order valence-corrected chi connectivity index (χ4v) is 0.637. The maximum absolute atomic E-state index is 5.08. The maximum Gasteiger partial charge on any atom is 0.106 e. The molecular weight excluding hydrogens is 130 g/mol. The van der Waals surface area contributed by atoms with Crippen molar-refractivity contribution in [3.63, 3.8) is 0 Å². The molecule has 1 aliphatic rings. The molecule has 10 heavy (non-hydrogen) atoms. The largest absolute Gasteiger partial charge is 0.371 e. The van der Waals surface area contributed by atoms with Gasteiger partial charge in [-0.1, -0.05) is 13.3 Å². The smallest absolute Gasteiger partial charge is 0.106 e. The van der Waals surface area contributed by atoms with Crippen LogP contribution in [0.3, 0.4) is 0 Å². The van der Waals surface area contributed by atoms with E-state index in [0.717, 1.165) is 13.2 Å². The van der Waals surface area contributed by atoms with Gasteiger partial charge in [0.15, 0.2) is 0 Å². The minimum absolute atomic E-state index is 0.370. The predicted octanol–water partition coefficient (Wildman–Crippen LogP) is 0.706. The van der Waals surface area contributed by atoms with Crippen LogP contribution in [0, 0.1) is 0 Å². The zero-order valence-electron chi connectivity index (χ0n) is 6.43. The van der Waals surface area contributed by atoms with E-state index in [-0.39, 0.29) is 0 Å². The van der Waals surface area contributed by atoms with Crippen molar-refractivity contribution in [3.8, 4) is 0 Å². The average Bonchev–Trinajstić information content (AvgIpc) is 2.71. The van der Waals surface area contributed by atoms with Crippen molar-refractivity contribution in [3.05, 3.63) is 0 Å². The molecule has 0 spiro atoms. The van der Waals surface area contributed by atoms with Crippen LogP contribution in [0.4, 0.5) is 0 Å². The van der Waals surface area contributed by atoms with Crippen LogP contribution in [0.5, 0.6) is 0 Å². The Kier molecular flexibility index (Phi) is 3.72. The van der Waals surface area contributed by atoms with Crippen molar-refractivity contribution in [2.24, 2.45) is 0 Å². The molecule has 1 atom stereocenters. The lowest BCUT2D eigenvalue weighted by Crippen LogP contribution is -2.18. The number of rotatable bonds is 6. The van der Waals surface area contributed by atoms with E-state index < -0.39 is 0 Å². The van der Waals surface area contributed by atoms with Crippen molar-refractivity contribution >= 4 is 0 Å². The van der Waals surface area contributed by atoms with Crippen molar-refractivity contribution in [2.45, 2.75) is 25.9 Å². The summed E-state index contributed by atoms with van der Waals surface area (Å²) in [6, 6.07) is 0. The Morgan fingerprint density at radius 1 is 1.70 bits per heavy atom. The molecule has 1 unspecified atom stereocenters. The molecular formula is C7H15NO2. The van der Waals surface area contributed by atoms with Gasteiger partial charge in [0.1, 0.15) is 6.10 Å². The summed E-state index contributed by atoms with van der Waals surface area (Å²) in [7, 11) is 0. The summed E-state index contributed by atoms with van der Waals surface area (Å²) < 4.78 is 4.95. The highest BCUT2D eigenvalue weighted by molar-refractivity contribution is 4.66. The van der Waals surface area contributed by atoms with Gasteiger partial charge in [-0.3, -0.25) is 4.84 Å². The molecule has 1 heterocycles. The van der Waals surface area contributed by atoms with Crippen molar-refractivity contribution in [1.29, 1.82) is 0 Å². The van der Waals surface area contributed by atoms with Crippen LogP contribution in [0.15, 0.2) is 0 Å². The molecule has 3 heteroatoms. The van der Waals surface area contributed by atoms with E-state index in [1.165, 1.54) is 12.8 Å². The first-order valence-electron chi connectivity index (χ1n) is 3.89. The minimum atomic E-state index is 0.370. The highest BCUT2D eigenvalue weighted by Crippen LogP contribution is 2.07. The molecule has 0 amide bonds. The number of unbranched alkanes of at least 4 members (excludes halogenated alkanes) is 1. The van der Waals surface area contributed by atoms with Crippen LogP contribution in [-0.2, 0) is 9.57 Å². The van der Waals surface area contributed by atoms with Gasteiger partial charge in [0.2, 0.25) is 0 Å². The van der Waals surface area contributed by atoms with E-state index in [2.05, 4.69) is 12.4 Å². The molecule has 1 saturated heterocycles. The number of hydrogen-bond donors (Lipinski definition) is 1. The maximum atomic E-state index is 5.08. The van der Waals surface area contributed by atoms with Gasteiger partial charge in [-0.2, -0.15) is 0 Å². The van der Waals surface area contributed by atoms with Gasteiger partial charge in [0, 0.05) is 6.54 Å². The summed E-state index contributed by atoms with van der Waals surface area (Å²) in [4.78, 5) is 5.08. The summed E-state index contributed by atoms with van der Waals surface area (Å²) in [5.74, 6) is 0. The van der Waals surface area contributed by atoms with Crippen molar-refractivity contribution < 1.29 is 9.57 Å². The van der Waals surface area contributed by atoms with Crippen LogP contribution in [-0.4, -0.2) is 25.9 Å². The molecule has 3 nitrogen and oxygen atoms in total. The van der Waals surface area contributed by atoms with E-state index in [1.807, 2.05) is 0 Å². The van der Waals surface area contributed by atoms with Gasteiger partial charge in [0.25, 0.3) is 0 Å². The first-order chi connectivity index (χ1) is 4.93. The zero-order valence-corrected chi connectivity index (χ0v) is 6.43. The van der Waals surface area contributed by atoms with Gasteiger partial charge in [0.05, 0.1) is 13.2 Å². The Labute approximate surface area is 61.7 Å². The topological polar surface area (TPSA) is 33.8 Å². The van der Waals surface area contributed by atoms with E-state index in [1.54, 1.807) is 0 Å². The lowest BCUT2D eigenvalue weighted by molar-refractivity contribution is 0.0304. The van der Waals surface area contributed by atoms with E-state index in [0.29, 0.717) is 12.7 Å². The number of ether oxygens (including phenoxy) is 1. The van der Waals surface area contributed by atoms with Gasteiger partial charge in [-0.15, -0.1) is 0 Å². The Balaban J connectivity index is 1.68. The first kappa shape index (κ1) is 7.98. The molecule has 0 bridgehead atoms. The Morgan fingerprint density at radius 2 is 2.50 bits per heavy atom. The second kappa shape index (κ2) is 4.66. The van der Waals surface area contributed by atoms with E-state index >= 15 is 0 Å². The van der Waals surface area contributed by atoms with Crippen molar-refractivity contribution in [2.75, 3.05) is 19.8 Å². The number of hydroxylamine groups is 1. The first-order valence-corrected chi connectivity index (χ1v) is 3.89. The van der Waals surface area contributed by atoms with Crippen LogP contribution in [0.25, 0.3) is 0 Å². The molecule has 1 aliphatic heterocycles. The molecule has 0 saturated carbocycles. The van der Waals surface area contributed by atoms with Crippen LogP contribution in [0.2, 0.25) is 0 Å². The molecule has 0 aliphatic carbocycles. The fourth-order valence-electron chi connectivity index (χ4n) is 0.637. The Morgan fingerprint density at radius 3 is 3.10 bits per heavy atom. The Hall–Kier alpha value is -0.120. The van der Waals surface area contributed by atoms with Gasteiger partial charge >= 0.3 is 0 Å². The van der Waals surface area contributed by atoms with Crippen LogP contribution in [0.1, 0.15) is 19.8 Å². The SMILES string of the molecule is CCCCNOCC1CO1. The number of epoxide rings is 1. The molecule has 0 radical (unpaired) electrons. The second-order valence-electron chi connectivity index (χ2n) is 2.51. The highest BCUT2D eigenvalue weighted by Gasteiger charge is 2.22. The molecule has 1 N–H and O–H groups in total. The van der Waals surface area contributed by atoms with Crippen molar-refractivity contribution in [1.82, 2.24) is 5.48 Å². The molecule has 1 rings (SSSR count). The molecule has 1 fully saturated rings. The quantitative estimate of drug-likeness (QED) is 0.339. The van der Waals surface area contributed by atoms with Gasteiger partial charge in [-0.25, -0.2) is 5.48 Å². The van der Waals surface area contributed by atoms with E-state index in [4.69, 9.17) is 9.57 Å². The normalized spacial score (nSPS) is 23.1. The number of hydrogen-bond acceptors (Lipinski definition) is 3. The van der Waals surface area contributed by atoms with Crippen LogP contribution >= 0.6 is 0 Å². The summed E-state index contributed by atoms with van der Waals surface area (Å²) in [6.07, 6.45) is 2.75. The summed E-state index contributed by atoms with van der Waals surface area (Å²) in [6.45, 7) is 4.67. The lowest BCUT2D eigenvalue weighted by atomic mass is 10.3. The molecule has 0 aromatic rings.